The molecular weight excluding hydrogens is 398 g/mol. The lowest BCUT2D eigenvalue weighted by molar-refractivity contribution is 0.233. The molecular formula is C30H42F2. The van der Waals surface area contributed by atoms with Crippen LogP contribution in [0.4, 0.5) is 8.78 Å². The van der Waals surface area contributed by atoms with E-state index in [0.29, 0.717) is 17.0 Å². The van der Waals surface area contributed by atoms with Gasteiger partial charge in [-0.2, -0.15) is 0 Å². The van der Waals surface area contributed by atoms with Crippen LogP contribution in [0, 0.1) is 23.5 Å². The van der Waals surface area contributed by atoms with Gasteiger partial charge in [0.15, 0.2) is 11.6 Å². The maximum Gasteiger partial charge on any atom is 0.166 e. The van der Waals surface area contributed by atoms with Crippen LogP contribution >= 0.6 is 0 Å². The minimum Gasteiger partial charge on any atom is -0.203 e. The molecule has 1 saturated carbocycles. The quantitative estimate of drug-likeness (QED) is 0.305. The van der Waals surface area contributed by atoms with Gasteiger partial charge in [0.25, 0.3) is 0 Å². The second-order valence-electron chi connectivity index (χ2n) is 10.0. The normalized spacial score (nSPS) is 19.8. The van der Waals surface area contributed by atoms with Crippen LogP contribution in [0.25, 0.3) is 11.1 Å². The van der Waals surface area contributed by atoms with Crippen molar-refractivity contribution in [1.82, 2.24) is 0 Å². The van der Waals surface area contributed by atoms with Crippen molar-refractivity contribution < 1.29 is 8.78 Å². The predicted octanol–water partition coefficient (Wildman–Crippen LogP) is 9.85. The smallest absolute Gasteiger partial charge is 0.166 e. The van der Waals surface area contributed by atoms with Crippen molar-refractivity contribution in [3.63, 3.8) is 0 Å². The second-order valence-corrected chi connectivity index (χ2v) is 10.0. The third kappa shape index (κ3) is 6.42. The molecule has 0 saturated heterocycles. The van der Waals surface area contributed by atoms with Crippen molar-refractivity contribution in [2.45, 2.75) is 104 Å². The highest BCUT2D eigenvalue weighted by molar-refractivity contribution is 5.65. The fourth-order valence-electron chi connectivity index (χ4n) is 5.48. The molecule has 2 aromatic rings. The summed E-state index contributed by atoms with van der Waals surface area (Å²) in [4.78, 5) is 0. The van der Waals surface area contributed by atoms with Gasteiger partial charge in [-0.1, -0.05) is 109 Å². The van der Waals surface area contributed by atoms with Gasteiger partial charge in [0, 0.05) is 5.56 Å². The molecule has 0 nitrogen and oxygen atoms in total. The summed E-state index contributed by atoms with van der Waals surface area (Å²) in [5.41, 5.74) is 2.95. The zero-order chi connectivity index (χ0) is 22.9. The molecule has 1 atom stereocenters. The van der Waals surface area contributed by atoms with Crippen molar-refractivity contribution in [3.8, 4) is 11.1 Å². The fraction of sp³-hybridized carbons (Fsp3) is 0.600. The van der Waals surface area contributed by atoms with Crippen LogP contribution in [-0.4, -0.2) is 0 Å². The average molecular weight is 441 g/mol. The van der Waals surface area contributed by atoms with Gasteiger partial charge in [0.1, 0.15) is 0 Å². The molecule has 0 spiro atoms. The molecule has 2 heteroatoms. The molecule has 0 heterocycles. The lowest BCUT2D eigenvalue weighted by Crippen LogP contribution is -2.20. The molecule has 32 heavy (non-hydrogen) atoms. The van der Waals surface area contributed by atoms with E-state index in [1.54, 1.807) is 6.07 Å². The molecule has 0 N–H and O–H groups in total. The summed E-state index contributed by atoms with van der Waals surface area (Å²) in [6, 6.07) is 11.6. The lowest BCUT2D eigenvalue weighted by atomic mass is 9.73. The van der Waals surface area contributed by atoms with Gasteiger partial charge in [0.05, 0.1) is 0 Å². The summed E-state index contributed by atoms with van der Waals surface area (Å²) in [5.74, 6) is 0.0167. The van der Waals surface area contributed by atoms with Crippen LogP contribution in [0.3, 0.4) is 0 Å². The van der Waals surface area contributed by atoms with E-state index in [2.05, 4.69) is 32.9 Å². The molecule has 1 fully saturated rings. The minimum absolute atomic E-state index is 0.0658. The number of benzene rings is 2. The number of rotatable bonds is 11. The van der Waals surface area contributed by atoms with E-state index in [-0.39, 0.29) is 5.92 Å². The zero-order valence-electron chi connectivity index (χ0n) is 20.4. The highest BCUT2D eigenvalue weighted by Crippen LogP contribution is 2.41. The van der Waals surface area contributed by atoms with Gasteiger partial charge < -0.3 is 0 Å². The Labute approximate surface area is 194 Å². The van der Waals surface area contributed by atoms with Crippen LogP contribution in [0.5, 0.6) is 0 Å². The molecule has 3 rings (SSSR count). The Morgan fingerprint density at radius 3 is 2.09 bits per heavy atom. The summed E-state index contributed by atoms with van der Waals surface area (Å²) in [6.07, 6.45) is 14.7. The summed E-state index contributed by atoms with van der Waals surface area (Å²) in [7, 11) is 0. The Balaban J connectivity index is 1.64. The molecule has 176 valence electrons. The van der Waals surface area contributed by atoms with Gasteiger partial charge in [-0.3, -0.25) is 0 Å². The Kier molecular flexibility index (Phi) is 9.75. The van der Waals surface area contributed by atoms with Crippen LogP contribution < -0.4 is 0 Å². The summed E-state index contributed by atoms with van der Waals surface area (Å²) in [6.45, 7) is 6.54. The van der Waals surface area contributed by atoms with Gasteiger partial charge in [0.2, 0.25) is 0 Å². The number of hydrogen-bond acceptors (Lipinski definition) is 0. The molecule has 1 unspecified atom stereocenters. The maximum atomic E-state index is 15.1. The first kappa shape index (κ1) is 24.9. The summed E-state index contributed by atoms with van der Waals surface area (Å²) < 4.78 is 30.2. The maximum absolute atomic E-state index is 15.1. The molecule has 0 bridgehead atoms. The average Bonchev–Trinajstić information content (AvgIpc) is 2.82. The molecule has 1 aliphatic carbocycles. The molecule has 0 radical (unpaired) electrons. The molecule has 0 aliphatic heterocycles. The van der Waals surface area contributed by atoms with E-state index in [1.807, 2.05) is 18.2 Å². The minimum atomic E-state index is -0.693. The highest BCUT2D eigenvalue weighted by Gasteiger charge is 2.28. The van der Waals surface area contributed by atoms with E-state index in [4.69, 9.17) is 0 Å². The Hall–Kier alpha value is -1.70. The van der Waals surface area contributed by atoms with Gasteiger partial charge in [-0.05, 0) is 60.1 Å². The third-order valence-corrected chi connectivity index (χ3v) is 7.75. The number of halogens is 2. The zero-order valence-corrected chi connectivity index (χ0v) is 20.4. The first-order chi connectivity index (χ1) is 15.5. The van der Waals surface area contributed by atoms with Crippen LogP contribution in [0.2, 0.25) is 0 Å². The second kappa shape index (κ2) is 12.5. The monoisotopic (exact) mass is 440 g/mol. The van der Waals surface area contributed by atoms with E-state index >= 15 is 8.78 Å². The largest absolute Gasteiger partial charge is 0.203 e. The van der Waals surface area contributed by atoms with Crippen molar-refractivity contribution in [3.05, 3.63) is 59.2 Å². The molecule has 0 amide bonds. The predicted molar refractivity (Wildman–Crippen MR) is 133 cm³/mol. The van der Waals surface area contributed by atoms with E-state index < -0.39 is 11.6 Å². The topological polar surface area (TPSA) is 0 Å². The number of hydrogen-bond donors (Lipinski definition) is 0. The summed E-state index contributed by atoms with van der Waals surface area (Å²) >= 11 is 0. The van der Waals surface area contributed by atoms with E-state index in [9.17, 15) is 0 Å². The van der Waals surface area contributed by atoms with Crippen molar-refractivity contribution in [2.24, 2.45) is 11.8 Å². The number of aryl methyl sites for hydroxylation is 1. The van der Waals surface area contributed by atoms with E-state index in [1.165, 1.54) is 63.4 Å². The Morgan fingerprint density at radius 2 is 1.44 bits per heavy atom. The van der Waals surface area contributed by atoms with Gasteiger partial charge >= 0.3 is 0 Å². The fourth-order valence-corrected chi connectivity index (χ4v) is 5.48. The first-order valence-electron chi connectivity index (χ1n) is 13.1. The van der Waals surface area contributed by atoms with Gasteiger partial charge in [-0.25, -0.2) is 8.78 Å². The number of unbranched alkanes of at least 4 members (excludes halogenated alkanes) is 4. The van der Waals surface area contributed by atoms with Crippen molar-refractivity contribution >= 4 is 0 Å². The van der Waals surface area contributed by atoms with Crippen LogP contribution in [-0.2, 0) is 6.42 Å². The first-order valence-corrected chi connectivity index (χ1v) is 13.1. The van der Waals surface area contributed by atoms with Crippen LogP contribution in [0.15, 0.2) is 36.4 Å². The van der Waals surface area contributed by atoms with Crippen molar-refractivity contribution in [1.29, 1.82) is 0 Å². The summed E-state index contributed by atoms with van der Waals surface area (Å²) in [5, 5.41) is 0. The highest BCUT2D eigenvalue weighted by atomic mass is 19.2. The van der Waals surface area contributed by atoms with Crippen molar-refractivity contribution in [2.75, 3.05) is 0 Å². The van der Waals surface area contributed by atoms with E-state index in [0.717, 1.165) is 30.7 Å². The third-order valence-electron chi connectivity index (χ3n) is 7.75. The lowest BCUT2D eigenvalue weighted by Gasteiger charge is -2.33. The molecule has 1 aliphatic rings. The molecule has 2 aromatic carbocycles. The Morgan fingerprint density at radius 1 is 0.781 bits per heavy atom. The molecule has 0 aromatic heterocycles. The Bertz CT molecular complexity index is 815. The standard InChI is InChI=1S/C30H42F2/c1-4-6-8-10-23-12-16-25(17-13-23)22(3)27-20-21-28(30(32)29(27)31)26-18-14-24(15-19-26)11-9-7-5-2/h14-15,18-23,25H,4-13,16-17H2,1-3H3. The van der Waals surface area contributed by atoms with Crippen LogP contribution in [0.1, 0.15) is 108 Å². The SMILES string of the molecule is CCCCCc1ccc(-c2ccc(C(C)C3CCC(CCCCC)CC3)c(F)c2F)cc1. The van der Waals surface area contributed by atoms with Gasteiger partial charge in [-0.15, -0.1) is 0 Å².